The van der Waals surface area contributed by atoms with Gasteiger partial charge in [0.1, 0.15) is 11.6 Å². The van der Waals surface area contributed by atoms with Crippen molar-refractivity contribution in [3.8, 4) is 11.4 Å². The number of aliphatic hydroxyl groups excluding tert-OH is 1. The van der Waals surface area contributed by atoms with Gasteiger partial charge >= 0.3 is 0 Å². The molecule has 0 unspecified atom stereocenters. The SMILES string of the molecule is O=c1[nH]c(-c2ccc(CO)c(F)c2)nc2ccccc12. The van der Waals surface area contributed by atoms with Crippen LogP contribution in [-0.2, 0) is 6.61 Å². The molecule has 0 spiro atoms. The van der Waals surface area contributed by atoms with Gasteiger partial charge in [-0.25, -0.2) is 9.37 Å². The largest absolute Gasteiger partial charge is 0.392 e. The number of para-hydroxylation sites is 1. The Hall–Kier alpha value is -2.53. The van der Waals surface area contributed by atoms with Gasteiger partial charge in [0.25, 0.3) is 5.56 Å². The molecule has 0 amide bonds. The number of rotatable bonds is 2. The van der Waals surface area contributed by atoms with Crippen LogP contribution in [0, 0.1) is 5.82 Å². The Morgan fingerprint density at radius 2 is 2.00 bits per heavy atom. The smallest absolute Gasteiger partial charge is 0.259 e. The number of aromatic nitrogens is 2. The topological polar surface area (TPSA) is 66.0 Å². The van der Waals surface area contributed by atoms with Crippen molar-refractivity contribution in [2.45, 2.75) is 6.61 Å². The van der Waals surface area contributed by atoms with Gasteiger partial charge in [0.15, 0.2) is 0 Å². The van der Waals surface area contributed by atoms with E-state index in [1.54, 1.807) is 30.3 Å². The van der Waals surface area contributed by atoms with Gasteiger partial charge in [-0.1, -0.05) is 24.3 Å². The van der Waals surface area contributed by atoms with E-state index in [4.69, 9.17) is 5.11 Å². The quantitative estimate of drug-likeness (QED) is 0.750. The van der Waals surface area contributed by atoms with Gasteiger partial charge in [0.2, 0.25) is 0 Å². The van der Waals surface area contributed by atoms with Gasteiger partial charge in [0.05, 0.1) is 17.5 Å². The van der Waals surface area contributed by atoms with E-state index in [2.05, 4.69) is 9.97 Å². The van der Waals surface area contributed by atoms with Crippen LogP contribution in [0.3, 0.4) is 0 Å². The fraction of sp³-hybridized carbons (Fsp3) is 0.0667. The molecule has 1 heterocycles. The number of fused-ring (bicyclic) bond motifs is 1. The van der Waals surface area contributed by atoms with E-state index in [1.807, 2.05) is 0 Å². The molecular formula is C15H11FN2O2. The molecule has 0 aliphatic rings. The molecule has 0 aliphatic heterocycles. The Morgan fingerprint density at radius 3 is 2.75 bits per heavy atom. The standard InChI is InChI=1S/C15H11FN2O2/c16-12-7-9(5-6-10(12)8-19)14-17-13-4-2-1-3-11(13)15(20)18-14/h1-7,19H,8H2,(H,17,18,20). The van der Waals surface area contributed by atoms with Crippen molar-refractivity contribution < 1.29 is 9.50 Å². The zero-order valence-corrected chi connectivity index (χ0v) is 10.4. The van der Waals surface area contributed by atoms with Crippen LogP contribution in [0.5, 0.6) is 0 Å². The molecule has 0 radical (unpaired) electrons. The Balaban J connectivity index is 2.19. The first-order chi connectivity index (χ1) is 9.69. The van der Waals surface area contributed by atoms with Gasteiger partial charge in [-0.2, -0.15) is 0 Å². The van der Waals surface area contributed by atoms with E-state index >= 15 is 0 Å². The zero-order chi connectivity index (χ0) is 14.1. The molecule has 0 saturated heterocycles. The third-order valence-corrected chi connectivity index (χ3v) is 3.11. The molecule has 5 heteroatoms. The summed E-state index contributed by atoms with van der Waals surface area (Å²) in [6.45, 7) is -0.367. The summed E-state index contributed by atoms with van der Waals surface area (Å²) in [5.74, 6) is -0.224. The lowest BCUT2D eigenvalue weighted by molar-refractivity contribution is 0.276. The van der Waals surface area contributed by atoms with Gasteiger partial charge < -0.3 is 10.1 Å². The maximum Gasteiger partial charge on any atom is 0.259 e. The molecule has 3 aromatic rings. The van der Waals surface area contributed by atoms with Crippen molar-refractivity contribution in [1.82, 2.24) is 9.97 Å². The van der Waals surface area contributed by atoms with Gasteiger partial charge in [0, 0.05) is 11.1 Å². The lowest BCUT2D eigenvalue weighted by Gasteiger charge is -2.05. The monoisotopic (exact) mass is 270 g/mol. The lowest BCUT2D eigenvalue weighted by atomic mass is 10.1. The van der Waals surface area contributed by atoms with Crippen LogP contribution >= 0.6 is 0 Å². The van der Waals surface area contributed by atoms with Crippen LogP contribution in [-0.4, -0.2) is 15.1 Å². The fourth-order valence-electron chi connectivity index (χ4n) is 2.05. The Bertz CT molecular complexity index is 843. The summed E-state index contributed by atoms with van der Waals surface area (Å²) >= 11 is 0. The molecule has 100 valence electrons. The Morgan fingerprint density at radius 1 is 1.20 bits per heavy atom. The average molecular weight is 270 g/mol. The highest BCUT2D eigenvalue weighted by molar-refractivity contribution is 5.79. The number of H-pyrrole nitrogens is 1. The number of aromatic amines is 1. The molecule has 0 bridgehead atoms. The van der Waals surface area contributed by atoms with Crippen molar-refractivity contribution in [2.75, 3.05) is 0 Å². The van der Waals surface area contributed by atoms with Crippen LogP contribution in [0.25, 0.3) is 22.3 Å². The minimum Gasteiger partial charge on any atom is -0.392 e. The van der Waals surface area contributed by atoms with E-state index in [0.29, 0.717) is 22.3 Å². The molecule has 2 aromatic carbocycles. The summed E-state index contributed by atoms with van der Waals surface area (Å²) in [4.78, 5) is 18.9. The number of nitrogens with one attached hydrogen (secondary N) is 1. The fourth-order valence-corrected chi connectivity index (χ4v) is 2.05. The second-order valence-corrected chi connectivity index (χ2v) is 4.40. The second-order valence-electron chi connectivity index (χ2n) is 4.40. The second kappa shape index (κ2) is 4.86. The summed E-state index contributed by atoms with van der Waals surface area (Å²) in [7, 11) is 0. The van der Waals surface area contributed by atoms with Gasteiger partial charge in [-0.05, 0) is 18.2 Å². The maximum absolute atomic E-state index is 13.7. The maximum atomic E-state index is 13.7. The highest BCUT2D eigenvalue weighted by Gasteiger charge is 2.08. The zero-order valence-electron chi connectivity index (χ0n) is 10.4. The summed E-state index contributed by atoms with van der Waals surface area (Å²) in [5.41, 5.74) is 0.953. The van der Waals surface area contributed by atoms with Gasteiger partial charge in [-0.3, -0.25) is 4.79 Å². The third kappa shape index (κ3) is 2.08. The average Bonchev–Trinajstić information content (AvgIpc) is 2.47. The summed E-state index contributed by atoms with van der Waals surface area (Å²) in [6.07, 6.45) is 0. The predicted molar refractivity (Wildman–Crippen MR) is 73.7 cm³/mol. The Kier molecular flexibility index (Phi) is 3.04. The van der Waals surface area contributed by atoms with E-state index < -0.39 is 5.82 Å². The summed E-state index contributed by atoms with van der Waals surface area (Å²) in [5, 5.41) is 9.44. The van der Waals surface area contributed by atoms with Crippen molar-refractivity contribution in [3.63, 3.8) is 0 Å². The predicted octanol–water partition coefficient (Wildman–Crippen LogP) is 2.22. The van der Waals surface area contributed by atoms with Gasteiger partial charge in [-0.15, -0.1) is 0 Å². The van der Waals surface area contributed by atoms with Crippen molar-refractivity contribution >= 4 is 10.9 Å². The van der Waals surface area contributed by atoms with E-state index in [0.717, 1.165) is 0 Å². The van der Waals surface area contributed by atoms with Crippen LogP contribution in [0.4, 0.5) is 4.39 Å². The molecule has 0 aliphatic carbocycles. The van der Waals surface area contributed by atoms with Crippen molar-refractivity contribution in [1.29, 1.82) is 0 Å². The first kappa shape index (κ1) is 12.5. The van der Waals surface area contributed by atoms with Crippen LogP contribution in [0.2, 0.25) is 0 Å². The van der Waals surface area contributed by atoms with E-state index in [-0.39, 0.29) is 17.7 Å². The minimum absolute atomic E-state index is 0.205. The molecule has 1 aromatic heterocycles. The number of aliphatic hydroxyl groups is 1. The molecule has 20 heavy (non-hydrogen) atoms. The first-order valence-corrected chi connectivity index (χ1v) is 6.08. The molecule has 0 atom stereocenters. The first-order valence-electron chi connectivity index (χ1n) is 6.08. The van der Waals surface area contributed by atoms with Crippen LogP contribution in [0.1, 0.15) is 5.56 Å². The molecule has 4 nitrogen and oxygen atoms in total. The third-order valence-electron chi connectivity index (χ3n) is 3.11. The van der Waals surface area contributed by atoms with Crippen molar-refractivity contribution in [3.05, 3.63) is 64.2 Å². The molecular weight excluding hydrogens is 259 g/mol. The summed E-state index contributed by atoms with van der Waals surface area (Å²) in [6, 6.07) is 11.3. The summed E-state index contributed by atoms with van der Waals surface area (Å²) < 4.78 is 13.7. The van der Waals surface area contributed by atoms with E-state index in [9.17, 15) is 9.18 Å². The molecule has 0 saturated carbocycles. The molecule has 0 fully saturated rings. The minimum atomic E-state index is -0.527. The number of benzene rings is 2. The molecule has 3 rings (SSSR count). The number of hydrogen-bond donors (Lipinski definition) is 2. The lowest BCUT2D eigenvalue weighted by Crippen LogP contribution is -2.09. The van der Waals surface area contributed by atoms with E-state index in [1.165, 1.54) is 12.1 Å². The number of hydrogen-bond acceptors (Lipinski definition) is 3. The number of nitrogens with zero attached hydrogens (tertiary/aromatic N) is 1. The van der Waals surface area contributed by atoms with Crippen molar-refractivity contribution in [2.24, 2.45) is 0 Å². The molecule has 2 N–H and O–H groups in total. The highest BCUT2D eigenvalue weighted by atomic mass is 19.1. The number of halogens is 1. The highest BCUT2D eigenvalue weighted by Crippen LogP contribution is 2.19. The Labute approximate surface area is 113 Å². The van der Waals surface area contributed by atoms with Crippen LogP contribution < -0.4 is 5.56 Å². The van der Waals surface area contributed by atoms with Crippen LogP contribution in [0.15, 0.2) is 47.3 Å². The normalized spacial score (nSPS) is 10.9.